The first-order valence-electron chi connectivity index (χ1n) is 9.00. The molecule has 1 N–H and O–H groups in total. The number of hydrogen-bond donors (Lipinski definition) is 1. The molecule has 0 aliphatic carbocycles. The number of hydrogen-bond acceptors (Lipinski definition) is 4. The maximum absolute atomic E-state index is 12.8. The number of nitrogens with zero attached hydrogens (tertiary/aromatic N) is 2. The summed E-state index contributed by atoms with van der Waals surface area (Å²) in [6.45, 7) is 0. The molecule has 7 heteroatoms. The largest absolute Gasteiger partial charge is 0.329 e. The molecule has 0 spiro atoms. The van der Waals surface area contributed by atoms with E-state index in [0.29, 0.717) is 12.8 Å². The Labute approximate surface area is 151 Å². The van der Waals surface area contributed by atoms with Gasteiger partial charge in [0, 0.05) is 19.9 Å². The number of aldehydes is 1. The van der Waals surface area contributed by atoms with Gasteiger partial charge in [-0.1, -0.05) is 18.6 Å². The molecule has 26 heavy (non-hydrogen) atoms. The molecule has 138 valence electrons. The molecule has 0 radical (unpaired) electrons. The Bertz CT molecular complexity index is 909. The maximum atomic E-state index is 12.8. The predicted octanol–water partition coefficient (Wildman–Crippen LogP) is 1.62. The van der Waals surface area contributed by atoms with Crippen LogP contribution in [0.5, 0.6) is 0 Å². The van der Waals surface area contributed by atoms with E-state index in [1.165, 1.54) is 4.57 Å². The topological polar surface area (TPSA) is 90.2 Å². The summed E-state index contributed by atoms with van der Waals surface area (Å²) in [5.74, 6) is -0.717. The van der Waals surface area contributed by atoms with Gasteiger partial charge in [0.05, 0.1) is 11.0 Å². The number of amides is 2. The van der Waals surface area contributed by atoms with Crippen LogP contribution in [0.1, 0.15) is 50.1 Å². The van der Waals surface area contributed by atoms with Gasteiger partial charge in [-0.05, 0) is 37.3 Å². The number of imidazole rings is 1. The van der Waals surface area contributed by atoms with Crippen molar-refractivity contribution < 1.29 is 14.4 Å². The van der Waals surface area contributed by atoms with E-state index in [4.69, 9.17) is 0 Å². The van der Waals surface area contributed by atoms with Gasteiger partial charge in [0.15, 0.2) is 0 Å². The third kappa shape index (κ3) is 3.34. The van der Waals surface area contributed by atoms with Gasteiger partial charge in [0.25, 0.3) is 0 Å². The van der Waals surface area contributed by atoms with Gasteiger partial charge in [-0.3, -0.25) is 24.0 Å². The lowest BCUT2D eigenvalue weighted by Crippen LogP contribution is -2.44. The van der Waals surface area contributed by atoms with Crippen LogP contribution in [0.25, 0.3) is 11.0 Å². The average molecular weight is 357 g/mol. The highest BCUT2D eigenvalue weighted by Gasteiger charge is 2.31. The normalized spacial score (nSPS) is 17.5. The van der Waals surface area contributed by atoms with E-state index >= 15 is 0 Å². The number of para-hydroxylation sites is 1. The van der Waals surface area contributed by atoms with E-state index in [-0.39, 0.29) is 18.0 Å². The zero-order valence-electron chi connectivity index (χ0n) is 14.9. The van der Waals surface area contributed by atoms with Gasteiger partial charge in [-0.2, -0.15) is 0 Å². The van der Waals surface area contributed by atoms with Crippen molar-refractivity contribution >= 4 is 29.1 Å². The smallest absolute Gasteiger partial charge is 0.303 e. The van der Waals surface area contributed by atoms with E-state index in [9.17, 15) is 19.2 Å². The lowest BCUT2D eigenvalue weighted by atomic mass is 10.0. The maximum Gasteiger partial charge on any atom is 0.329 e. The minimum atomic E-state index is -0.660. The van der Waals surface area contributed by atoms with E-state index in [2.05, 4.69) is 5.32 Å². The Morgan fingerprint density at radius 2 is 2.00 bits per heavy atom. The number of rotatable bonds is 7. The third-order valence-electron chi connectivity index (χ3n) is 4.98. The Hall–Kier alpha value is -2.70. The van der Waals surface area contributed by atoms with Crippen molar-refractivity contribution in [2.75, 3.05) is 0 Å². The lowest BCUT2D eigenvalue weighted by molar-refractivity contribution is -0.135. The van der Waals surface area contributed by atoms with Crippen LogP contribution in [0.4, 0.5) is 0 Å². The van der Waals surface area contributed by atoms with Crippen LogP contribution in [0.2, 0.25) is 0 Å². The Morgan fingerprint density at radius 3 is 2.73 bits per heavy atom. The van der Waals surface area contributed by atoms with Crippen LogP contribution in [0.15, 0.2) is 23.0 Å². The molecular formula is C19H23N3O4. The van der Waals surface area contributed by atoms with Gasteiger partial charge < -0.3 is 4.79 Å². The van der Waals surface area contributed by atoms with E-state index < -0.39 is 11.9 Å². The molecule has 7 nitrogen and oxygen atoms in total. The number of fused-ring (bicyclic) bond motifs is 1. The number of aromatic nitrogens is 2. The second kappa shape index (κ2) is 7.68. The number of carbonyl (C=O) groups is 3. The van der Waals surface area contributed by atoms with Crippen LogP contribution in [0.3, 0.4) is 0 Å². The minimum Gasteiger partial charge on any atom is -0.303 e. The fourth-order valence-corrected chi connectivity index (χ4v) is 3.67. The van der Waals surface area contributed by atoms with Crippen molar-refractivity contribution in [3.05, 3.63) is 34.2 Å². The molecule has 0 saturated carbocycles. The summed E-state index contributed by atoms with van der Waals surface area (Å²) in [7, 11) is 1.71. The number of benzene rings is 1. The summed E-state index contributed by atoms with van der Waals surface area (Å²) in [6.07, 6.45) is 5.65. The van der Waals surface area contributed by atoms with E-state index in [1.807, 2.05) is 18.2 Å². The monoisotopic (exact) mass is 357 g/mol. The highest BCUT2D eigenvalue weighted by Crippen LogP contribution is 2.25. The second-order valence-corrected chi connectivity index (χ2v) is 6.73. The van der Waals surface area contributed by atoms with Crippen LogP contribution < -0.4 is 11.0 Å². The second-order valence-electron chi connectivity index (χ2n) is 6.73. The van der Waals surface area contributed by atoms with Crippen LogP contribution in [-0.4, -0.2) is 27.2 Å². The SMILES string of the molecule is Cn1c(=O)n(C2CCC(=O)NC2=O)c2cccc(CCCCCC=O)c21. The van der Waals surface area contributed by atoms with Gasteiger partial charge in [0.2, 0.25) is 11.8 Å². The molecule has 2 aromatic rings. The summed E-state index contributed by atoms with van der Waals surface area (Å²) >= 11 is 0. The lowest BCUT2D eigenvalue weighted by Gasteiger charge is -2.21. The molecule has 1 aromatic heterocycles. The summed E-state index contributed by atoms with van der Waals surface area (Å²) in [4.78, 5) is 46.8. The van der Waals surface area contributed by atoms with Gasteiger partial charge >= 0.3 is 5.69 Å². The Balaban J connectivity index is 1.94. The molecule has 0 bridgehead atoms. The summed E-state index contributed by atoms with van der Waals surface area (Å²) < 4.78 is 3.09. The van der Waals surface area contributed by atoms with Crippen molar-refractivity contribution in [1.29, 1.82) is 0 Å². The highest BCUT2D eigenvalue weighted by atomic mass is 16.2. The third-order valence-corrected chi connectivity index (χ3v) is 4.98. The van der Waals surface area contributed by atoms with Crippen molar-refractivity contribution in [3.8, 4) is 0 Å². The first kappa shape index (κ1) is 18.1. The van der Waals surface area contributed by atoms with Gasteiger partial charge in [0.1, 0.15) is 12.3 Å². The number of imide groups is 1. The standard InChI is InChI=1S/C19H23N3O4/c1-21-17-13(7-4-2-3-5-12-23)8-6-9-14(17)22(19(21)26)15-10-11-16(24)20-18(15)25/h6,8-9,12,15H,2-5,7,10-11H2,1H3,(H,20,24,25). The molecule has 2 heterocycles. The van der Waals surface area contributed by atoms with Crippen molar-refractivity contribution in [1.82, 2.24) is 14.5 Å². The fourth-order valence-electron chi connectivity index (χ4n) is 3.67. The van der Waals surface area contributed by atoms with E-state index in [1.54, 1.807) is 11.6 Å². The Kier molecular flexibility index (Phi) is 5.35. The number of nitrogens with one attached hydrogen (secondary N) is 1. The zero-order valence-corrected chi connectivity index (χ0v) is 14.9. The zero-order chi connectivity index (χ0) is 18.7. The fraction of sp³-hybridized carbons (Fsp3) is 0.474. The number of aryl methyl sites for hydroxylation is 2. The van der Waals surface area contributed by atoms with Gasteiger partial charge in [-0.15, -0.1) is 0 Å². The van der Waals surface area contributed by atoms with Crippen molar-refractivity contribution in [2.24, 2.45) is 7.05 Å². The molecule has 1 fully saturated rings. The molecule has 2 amide bonds. The van der Waals surface area contributed by atoms with Crippen molar-refractivity contribution in [2.45, 2.75) is 51.0 Å². The predicted molar refractivity (Wildman–Crippen MR) is 96.8 cm³/mol. The summed E-state index contributed by atoms with van der Waals surface area (Å²) in [5, 5.41) is 2.32. The highest BCUT2D eigenvalue weighted by molar-refractivity contribution is 6.00. The molecule has 1 saturated heterocycles. The van der Waals surface area contributed by atoms with Gasteiger partial charge in [-0.25, -0.2) is 4.79 Å². The average Bonchev–Trinajstić information content (AvgIpc) is 2.87. The molecule has 1 atom stereocenters. The molecular weight excluding hydrogens is 334 g/mol. The summed E-state index contributed by atoms with van der Waals surface area (Å²) in [5.41, 5.74) is 2.36. The molecule has 1 aliphatic rings. The van der Waals surface area contributed by atoms with Crippen LogP contribution in [0, 0.1) is 0 Å². The number of piperidine rings is 1. The first-order valence-corrected chi connectivity index (χ1v) is 9.00. The number of carbonyl (C=O) groups excluding carboxylic acids is 3. The Morgan fingerprint density at radius 1 is 1.19 bits per heavy atom. The van der Waals surface area contributed by atoms with Crippen molar-refractivity contribution in [3.63, 3.8) is 0 Å². The molecule has 1 aromatic carbocycles. The first-order chi connectivity index (χ1) is 12.5. The molecule has 1 aliphatic heterocycles. The molecule has 1 unspecified atom stereocenters. The quantitative estimate of drug-likeness (QED) is 0.463. The van der Waals surface area contributed by atoms with Crippen LogP contribution >= 0.6 is 0 Å². The van der Waals surface area contributed by atoms with E-state index in [0.717, 1.165) is 48.6 Å². The summed E-state index contributed by atoms with van der Waals surface area (Å²) in [6, 6.07) is 5.07. The number of unbranched alkanes of at least 4 members (excludes halogenated alkanes) is 3. The van der Waals surface area contributed by atoms with Crippen LogP contribution in [-0.2, 0) is 27.9 Å². The minimum absolute atomic E-state index is 0.232. The molecule has 3 rings (SSSR count).